The molecule has 2 heterocycles. The van der Waals surface area contributed by atoms with Gasteiger partial charge in [0.05, 0.1) is 30.1 Å². The number of methoxy groups -OCH3 is 1. The number of anilines is 1. The van der Waals surface area contributed by atoms with Crippen molar-refractivity contribution in [1.29, 1.82) is 0 Å². The van der Waals surface area contributed by atoms with Crippen LogP contribution >= 0.6 is 0 Å². The molecule has 1 aliphatic heterocycles. The molecule has 1 unspecified atom stereocenters. The molecular formula is C33H29N3O5. The number of hydrogen-bond acceptors (Lipinski definition) is 7. The SMILES string of the molecule is COc1cc(C2CC(c3c(O)c4ccccc4n(C)c3=O)=NN2c2ccc(OCc3ccccc3)cc2)ccc1O. The number of para-hydroxylation sites is 1. The Bertz CT molecular complexity index is 1810. The third-order valence-corrected chi connectivity index (χ3v) is 7.41. The average molecular weight is 548 g/mol. The average Bonchev–Trinajstić information content (AvgIpc) is 3.45. The van der Waals surface area contributed by atoms with Gasteiger partial charge in [-0.2, -0.15) is 5.10 Å². The van der Waals surface area contributed by atoms with E-state index in [0.29, 0.717) is 41.1 Å². The van der Waals surface area contributed by atoms with Crippen LogP contribution in [-0.4, -0.2) is 27.6 Å². The quantitative estimate of drug-likeness (QED) is 0.264. The summed E-state index contributed by atoms with van der Waals surface area (Å²) >= 11 is 0. The Balaban J connectivity index is 1.40. The van der Waals surface area contributed by atoms with E-state index in [1.807, 2.05) is 77.8 Å². The van der Waals surface area contributed by atoms with Crippen LogP contribution in [0.4, 0.5) is 5.69 Å². The topological polar surface area (TPSA) is 96.5 Å². The van der Waals surface area contributed by atoms with Crippen molar-refractivity contribution in [2.45, 2.75) is 19.1 Å². The number of aromatic hydroxyl groups is 2. The first-order valence-electron chi connectivity index (χ1n) is 13.3. The van der Waals surface area contributed by atoms with Gasteiger partial charge in [-0.25, -0.2) is 0 Å². The molecule has 0 radical (unpaired) electrons. The van der Waals surface area contributed by atoms with E-state index in [1.165, 1.54) is 11.7 Å². The maximum absolute atomic E-state index is 13.5. The van der Waals surface area contributed by atoms with Gasteiger partial charge in [0.15, 0.2) is 11.5 Å². The highest BCUT2D eigenvalue weighted by Gasteiger charge is 2.33. The molecule has 0 aliphatic carbocycles. The summed E-state index contributed by atoms with van der Waals surface area (Å²) in [5.41, 5.74) is 3.64. The van der Waals surface area contributed by atoms with Gasteiger partial charge in [0.2, 0.25) is 0 Å². The van der Waals surface area contributed by atoms with Gasteiger partial charge in [-0.3, -0.25) is 9.80 Å². The summed E-state index contributed by atoms with van der Waals surface area (Å²) in [4.78, 5) is 13.5. The lowest BCUT2D eigenvalue weighted by molar-refractivity contribution is 0.306. The van der Waals surface area contributed by atoms with Crippen LogP contribution in [0.5, 0.6) is 23.0 Å². The first-order valence-corrected chi connectivity index (χ1v) is 13.3. The van der Waals surface area contributed by atoms with Gasteiger partial charge in [0, 0.05) is 18.9 Å². The van der Waals surface area contributed by atoms with Crippen LogP contribution in [0.2, 0.25) is 0 Å². The lowest BCUT2D eigenvalue weighted by Gasteiger charge is -2.24. The Morgan fingerprint density at radius 1 is 0.927 bits per heavy atom. The lowest BCUT2D eigenvalue weighted by Crippen LogP contribution is -2.24. The molecule has 1 atom stereocenters. The molecule has 5 aromatic rings. The van der Waals surface area contributed by atoms with Crippen molar-refractivity contribution in [3.63, 3.8) is 0 Å². The van der Waals surface area contributed by atoms with E-state index in [4.69, 9.17) is 14.6 Å². The Kier molecular flexibility index (Phi) is 6.81. The number of nitrogens with zero attached hydrogens (tertiary/aromatic N) is 3. The van der Waals surface area contributed by atoms with Crippen molar-refractivity contribution in [3.8, 4) is 23.0 Å². The van der Waals surface area contributed by atoms with Crippen LogP contribution in [0.3, 0.4) is 0 Å². The largest absolute Gasteiger partial charge is 0.506 e. The van der Waals surface area contributed by atoms with Gasteiger partial charge in [0.1, 0.15) is 23.7 Å². The molecule has 0 saturated heterocycles. The van der Waals surface area contributed by atoms with E-state index < -0.39 is 0 Å². The van der Waals surface area contributed by atoms with Crippen molar-refractivity contribution >= 4 is 22.3 Å². The van der Waals surface area contributed by atoms with Crippen molar-refractivity contribution in [2.24, 2.45) is 12.1 Å². The molecule has 2 N–H and O–H groups in total. The van der Waals surface area contributed by atoms with Crippen LogP contribution in [0.25, 0.3) is 10.9 Å². The standard InChI is InChI=1S/C33H29N3O5/c1-35-27-11-7-6-10-25(27)32(38)31(33(35)39)26-19-28(22-12-17-29(37)30(18-22)40-2)36(34-26)23-13-15-24(16-14-23)41-20-21-8-4-3-5-9-21/h3-18,28,37-38H,19-20H2,1-2H3. The molecule has 0 saturated carbocycles. The Labute approximate surface area is 237 Å². The zero-order valence-electron chi connectivity index (χ0n) is 22.7. The molecule has 1 aliphatic rings. The minimum absolute atomic E-state index is 0.0305. The third-order valence-electron chi connectivity index (χ3n) is 7.41. The highest BCUT2D eigenvalue weighted by atomic mass is 16.5. The summed E-state index contributed by atoms with van der Waals surface area (Å²) in [7, 11) is 3.19. The zero-order valence-corrected chi connectivity index (χ0v) is 22.7. The molecule has 6 rings (SSSR count). The summed E-state index contributed by atoms with van der Waals surface area (Å²) in [6.07, 6.45) is 0.349. The number of ether oxygens (including phenoxy) is 2. The maximum atomic E-state index is 13.5. The predicted molar refractivity (Wildman–Crippen MR) is 159 cm³/mol. The molecule has 8 nitrogen and oxygen atoms in total. The first-order chi connectivity index (χ1) is 19.9. The zero-order chi connectivity index (χ0) is 28.5. The van der Waals surface area contributed by atoms with E-state index >= 15 is 0 Å². The van der Waals surface area contributed by atoms with Gasteiger partial charge in [-0.15, -0.1) is 0 Å². The molecule has 4 aromatic carbocycles. The number of aryl methyl sites for hydroxylation is 1. The fourth-order valence-corrected chi connectivity index (χ4v) is 5.24. The summed E-state index contributed by atoms with van der Waals surface area (Å²) < 4.78 is 12.9. The third kappa shape index (κ3) is 4.84. The normalized spacial score (nSPS) is 14.7. The number of pyridine rings is 1. The van der Waals surface area contributed by atoms with Gasteiger partial charge < -0.3 is 24.3 Å². The number of hydrazone groups is 1. The van der Waals surface area contributed by atoms with Crippen LogP contribution in [-0.2, 0) is 13.7 Å². The molecule has 1 aromatic heterocycles. The highest BCUT2D eigenvalue weighted by molar-refractivity contribution is 6.08. The summed E-state index contributed by atoms with van der Waals surface area (Å²) in [6.45, 7) is 0.451. The molecule has 0 bridgehead atoms. The number of rotatable bonds is 7. The summed E-state index contributed by atoms with van der Waals surface area (Å²) in [6, 6.07) is 29.6. The van der Waals surface area contributed by atoms with Crippen LogP contribution < -0.4 is 20.0 Å². The molecule has 0 amide bonds. The second-order valence-corrected chi connectivity index (χ2v) is 9.92. The summed E-state index contributed by atoms with van der Waals surface area (Å²) in [5.74, 6) is 0.994. The van der Waals surface area contributed by atoms with Crippen molar-refractivity contribution in [2.75, 3.05) is 12.1 Å². The van der Waals surface area contributed by atoms with E-state index in [9.17, 15) is 15.0 Å². The molecule has 41 heavy (non-hydrogen) atoms. The number of aromatic nitrogens is 1. The van der Waals surface area contributed by atoms with Crippen LogP contribution in [0, 0.1) is 0 Å². The Morgan fingerprint density at radius 2 is 1.66 bits per heavy atom. The molecule has 0 fully saturated rings. The number of phenols is 1. The second-order valence-electron chi connectivity index (χ2n) is 9.92. The van der Waals surface area contributed by atoms with Gasteiger partial charge in [-0.1, -0.05) is 48.5 Å². The lowest BCUT2D eigenvalue weighted by atomic mass is 9.97. The molecule has 0 spiro atoms. The minimum Gasteiger partial charge on any atom is -0.506 e. The number of benzene rings is 4. The van der Waals surface area contributed by atoms with Crippen LogP contribution in [0.1, 0.15) is 29.2 Å². The fourth-order valence-electron chi connectivity index (χ4n) is 5.24. The minimum atomic E-state index is -0.328. The second kappa shape index (κ2) is 10.7. The van der Waals surface area contributed by atoms with E-state index in [-0.39, 0.29) is 28.7 Å². The van der Waals surface area contributed by atoms with Crippen molar-refractivity contribution < 1.29 is 19.7 Å². The van der Waals surface area contributed by atoms with E-state index in [2.05, 4.69) is 0 Å². The van der Waals surface area contributed by atoms with Gasteiger partial charge >= 0.3 is 0 Å². The van der Waals surface area contributed by atoms with Crippen molar-refractivity contribution in [3.05, 3.63) is 124 Å². The fraction of sp³-hybridized carbons (Fsp3) is 0.152. The predicted octanol–water partition coefficient (Wildman–Crippen LogP) is 5.89. The van der Waals surface area contributed by atoms with Gasteiger partial charge in [0.25, 0.3) is 5.56 Å². The van der Waals surface area contributed by atoms with Crippen LogP contribution in [0.15, 0.2) is 107 Å². The Morgan fingerprint density at radius 3 is 2.41 bits per heavy atom. The molecule has 206 valence electrons. The van der Waals surface area contributed by atoms with Gasteiger partial charge in [-0.05, 0) is 59.7 Å². The number of hydrogen-bond donors (Lipinski definition) is 2. The molecular weight excluding hydrogens is 518 g/mol. The highest BCUT2D eigenvalue weighted by Crippen LogP contribution is 2.41. The summed E-state index contributed by atoms with van der Waals surface area (Å²) in [5, 5.41) is 28.8. The van der Waals surface area contributed by atoms with E-state index in [0.717, 1.165) is 16.8 Å². The monoisotopic (exact) mass is 547 g/mol. The smallest absolute Gasteiger partial charge is 0.263 e. The first kappa shape index (κ1) is 26.0. The van der Waals surface area contributed by atoms with E-state index in [1.54, 1.807) is 31.3 Å². The van der Waals surface area contributed by atoms with Crippen molar-refractivity contribution in [1.82, 2.24) is 4.57 Å². The maximum Gasteiger partial charge on any atom is 0.263 e. The Hall–Kier alpha value is -5.24. The molecule has 8 heteroatoms. The number of phenolic OH excluding ortho intramolecular Hbond substituents is 1. The number of fused-ring (bicyclic) bond motifs is 1.